The third-order valence-electron chi connectivity index (χ3n) is 5.63. The zero-order valence-electron chi connectivity index (χ0n) is 24.1. The molecule has 0 aliphatic carbocycles. The van der Waals surface area contributed by atoms with Gasteiger partial charge in [0.2, 0.25) is 0 Å². The Kier molecular flexibility index (Phi) is 13.2. The van der Waals surface area contributed by atoms with Crippen LogP contribution in [0.5, 0.6) is 23.0 Å². The number of nitro groups is 3. The first-order chi connectivity index (χ1) is 22.0. The highest BCUT2D eigenvalue weighted by Crippen LogP contribution is 2.47. The van der Waals surface area contributed by atoms with Crippen molar-refractivity contribution >= 4 is 52.9 Å². The molecule has 0 bridgehead atoms. The SMILES string of the molecule is COc1cc(C(SCCOC(=O)Oc2ccc([N+](=O)[O-])cc2)SCCOC(=O)Oc2ccc([N+](=O)[O-])cc2)c([N+](=O)[O-])cc1OC. The Bertz CT molecular complexity index is 1470. The fourth-order valence-electron chi connectivity index (χ4n) is 3.54. The van der Waals surface area contributed by atoms with Crippen LogP contribution in [0.25, 0.3) is 0 Å². The Hall–Kier alpha value is -5.30. The van der Waals surface area contributed by atoms with Crippen LogP contribution in [-0.2, 0) is 9.47 Å². The van der Waals surface area contributed by atoms with E-state index in [1.165, 1.54) is 74.1 Å². The number of hydrogen-bond acceptors (Lipinski definition) is 16. The molecule has 0 spiro atoms. The number of nitrogens with zero attached hydrogens (tertiary/aromatic N) is 3. The molecule has 0 aliphatic heterocycles. The number of non-ortho nitro benzene ring substituents is 2. The predicted octanol–water partition coefficient (Wildman–Crippen LogP) is 6.32. The second-order valence-electron chi connectivity index (χ2n) is 8.50. The Morgan fingerprint density at radius 1 is 0.674 bits per heavy atom. The van der Waals surface area contributed by atoms with E-state index >= 15 is 0 Å². The molecule has 0 fully saturated rings. The Morgan fingerprint density at radius 3 is 1.46 bits per heavy atom. The van der Waals surface area contributed by atoms with Gasteiger partial charge in [0.05, 0.1) is 45.2 Å². The van der Waals surface area contributed by atoms with Crippen LogP contribution in [-0.4, -0.2) is 66.0 Å². The average molecular weight is 680 g/mol. The predicted molar refractivity (Wildman–Crippen MR) is 164 cm³/mol. The quantitative estimate of drug-likeness (QED) is 0.0403. The second-order valence-corrected chi connectivity index (χ2v) is 11.2. The zero-order valence-corrected chi connectivity index (χ0v) is 25.7. The van der Waals surface area contributed by atoms with Gasteiger partial charge in [0, 0.05) is 35.8 Å². The lowest BCUT2D eigenvalue weighted by molar-refractivity contribution is -0.385. The molecule has 0 N–H and O–H groups in total. The molecule has 0 radical (unpaired) electrons. The van der Waals surface area contributed by atoms with Crippen molar-refractivity contribution in [3.8, 4) is 23.0 Å². The molecule has 17 nitrogen and oxygen atoms in total. The maximum Gasteiger partial charge on any atom is 0.513 e. The maximum atomic E-state index is 12.1. The van der Waals surface area contributed by atoms with Gasteiger partial charge in [-0.25, -0.2) is 9.59 Å². The molecule has 0 aromatic heterocycles. The summed E-state index contributed by atoms with van der Waals surface area (Å²) in [6, 6.07) is 12.3. The maximum absolute atomic E-state index is 12.1. The summed E-state index contributed by atoms with van der Waals surface area (Å²) in [5.41, 5.74) is -0.382. The van der Waals surface area contributed by atoms with Crippen LogP contribution in [0.3, 0.4) is 0 Å². The van der Waals surface area contributed by atoms with Crippen molar-refractivity contribution < 1.29 is 52.8 Å². The highest BCUT2D eigenvalue weighted by Gasteiger charge is 2.27. The first kappa shape index (κ1) is 35.2. The molecule has 0 atom stereocenters. The first-order valence-corrected chi connectivity index (χ1v) is 14.9. The van der Waals surface area contributed by atoms with Gasteiger partial charge in [0.25, 0.3) is 17.1 Å². The Morgan fingerprint density at radius 2 is 1.09 bits per heavy atom. The summed E-state index contributed by atoms with van der Waals surface area (Å²) in [5, 5.41) is 33.5. The van der Waals surface area contributed by atoms with Crippen molar-refractivity contribution in [1.29, 1.82) is 0 Å². The minimum Gasteiger partial charge on any atom is -0.493 e. The van der Waals surface area contributed by atoms with E-state index in [4.69, 9.17) is 28.4 Å². The van der Waals surface area contributed by atoms with Crippen LogP contribution < -0.4 is 18.9 Å². The fourth-order valence-corrected chi connectivity index (χ4v) is 6.03. The van der Waals surface area contributed by atoms with E-state index in [-0.39, 0.29) is 70.3 Å². The minimum absolute atomic E-state index is 0.0322. The van der Waals surface area contributed by atoms with E-state index in [2.05, 4.69) is 0 Å². The molecule has 0 aliphatic rings. The van der Waals surface area contributed by atoms with Gasteiger partial charge in [-0.05, 0) is 30.3 Å². The number of nitro benzene ring substituents is 3. The van der Waals surface area contributed by atoms with Crippen LogP contribution in [0.2, 0.25) is 0 Å². The third-order valence-corrected chi connectivity index (χ3v) is 8.36. The van der Waals surface area contributed by atoms with Crippen molar-refractivity contribution in [1.82, 2.24) is 0 Å². The zero-order chi connectivity index (χ0) is 33.6. The van der Waals surface area contributed by atoms with E-state index < -0.39 is 31.7 Å². The van der Waals surface area contributed by atoms with Crippen LogP contribution in [0.15, 0.2) is 60.7 Å². The molecular weight excluding hydrogens is 654 g/mol. The largest absolute Gasteiger partial charge is 0.513 e. The van der Waals surface area contributed by atoms with Gasteiger partial charge in [-0.3, -0.25) is 30.3 Å². The molecule has 19 heteroatoms. The van der Waals surface area contributed by atoms with Crippen molar-refractivity contribution in [3.05, 3.63) is 96.6 Å². The smallest absolute Gasteiger partial charge is 0.493 e. The van der Waals surface area contributed by atoms with E-state index in [0.717, 1.165) is 24.3 Å². The molecule has 0 heterocycles. The number of rotatable bonds is 16. The normalized spacial score (nSPS) is 10.5. The van der Waals surface area contributed by atoms with E-state index in [1.807, 2.05) is 0 Å². The van der Waals surface area contributed by atoms with E-state index in [0.29, 0.717) is 0 Å². The molecule has 46 heavy (non-hydrogen) atoms. The van der Waals surface area contributed by atoms with Crippen molar-refractivity contribution in [2.24, 2.45) is 0 Å². The minimum atomic E-state index is -1.06. The number of thioether (sulfide) groups is 2. The Labute approximate surface area is 268 Å². The molecule has 3 rings (SSSR count). The summed E-state index contributed by atoms with van der Waals surface area (Å²) in [5.74, 6) is 0.749. The van der Waals surface area contributed by atoms with Gasteiger partial charge in [-0.15, -0.1) is 23.5 Å². The van der Waals surface area contributed by atoms with Crippen molar-refractivity contribution in [2.75, 3.05) is 38.9 Å². The monoisotopic (exact) mass is 679 g/mol. The van der Waals surface area contributed by atoms with Crippen molar-refractivity contribution in [3.63, 3.8) is 0 Å². The number of carbonyl (C=O) groups is 2. The van der Waals surface area contributed by atoms with Crippen LogP contribution in [0.4, 0.5) is 26.7 Å². The lowest BCUT2D eigenvalue weighted by atomic mass is 10.1. The number of hydrogen-bond donors (Lipinski definition) is 0. The molecule has 0 saturated carbocycles. The van der Waals surface area contributed by atoms with Crippen molar-refractivity contribution in [2.45, 2.75) is 4.58 Å². The molecular formula is C27H25N3O14S2. The molecule has 0 saturated heterocycles. The standard InChI is InChI=1S/C27H25N3O14S2/c1-39-23-15-21(22(30(37)38)16-24(23)40-2)25(45-13-11-41-26(31)43-19-7-3-17(4-8-19)28(33)34)46-14-12-42-27(32)44-20-9-5-18(6-10-20)29(35)36/h3-10,15-16,25H,11-14H2,1-2H3. The summed E-state index contributed by atoms with van der Waals surface area (Å²) in [6.07, 6.45) is -2.12. The number of benzene rings is 3. The molecule has 0 unspecified atom stereocenters. The van der Waals surface area contributed by atoms with Gasteiger partial charge < -0.3 is 28.4 Å². The summed E-state index contributed by atoms with van der Waals surface area (Å²) in [7, 11) is 2.71. The van der Waals surface area contributed by atoms with E-state index in [9.17, 15) is 39.9 Å². The molecule has 244 valence electrons. The molecule has 0 amide bonds. The van der Waals surface area contributed by atoms with E-state index in [1.54, 1.807) is 0 Å². The lowest BCUT2D eigenvalue weighted by Gasteiger charge is -2.19. The van der Waals surface area contributed by atoms with Gasteiger partial charge in [-0.1, -0.05) is 0 Å². The molecule has 3 aromatic rings. The van der Waals surface area contributed by atoms with Gasteiger partial charge >= 0.3 is 12.3 Å². The number of ether oxygens (including phenoxy) is 6. The second kappa shape index (κ2) is 17.3. The topological polar surface area (TPSA) is 219 Å². The number of carbonyl (C=O) groups excluding carboxylic acids is 2. The van der Waals surface area contributed by atoms with Crippen LogP contribution in [0.1, 0.15) is 10.1 Å². The molecule has 3 aromatic carbocycles. The van der Waals surface area contributed by atoms with Crippen LogP contribution in [0, 0.1) is 30.3 Å². The van der Waals surface area contributed by atoms with Gasteiger partial charge in [0.1, 0.15) is 24.7 Å². The summed E-state index contributed by atoms with van der Waals surface area (Å²) < 4.78 is 30.0. The fraction of sp³-hybridized carbons (Fsp3) is 0.259. The summed E-state index contributed by atoms with van der Waals surface area (Å²) >= 11 is 2.37. The lowest BCUT2D eigenvalue weighted by Crippen LogP contribution is -2.14. The van der Waals surface area contributed by atoms with Gasteiger partial charge in [0.15, 0.2) is 11.5 Å². The summed E-state index contributed by atoms with van der Waals surface area (Å²) in [6.45, 7) is -0.320. The van der Waals surface area contributed by atoms with Gasteiger partial charge in [-0.2, -0.15) is 0 Å². The highest BCUT2D eigenvalue weighted by molar-refractivity contribution is 8.16. The highest BCUT2D eigenvalue weighted by atomic mass is 32.2. The third kappa shape index (κ3) is 10.4. The average Bonchev–Trinajstić information content (AvgIpc) is 3.03. The van der Waals surface area contributed by atoms with Crippen LogP contribution >= 0.6 is 23.5 Å². The number of methoxy groups -OCH3 is 2. The first-order valence-electron chi connectivity index (χ1n) is 12.8. The Balaban J connectivity index is 1.62. The summed E-state index contributed by atoms with van der Waals surface area (Å²) in [4.78, 5) is 55.9.